The SMILES string of the molecule is CC(O)CCN(C)Cc1cccc(F)c1Br. The maximum Gasteiger partial charge on any atom is 0.137 e. The van der Waals surface area contributed by atoms with Crippen LogP contribution in [-0.2, 0) is 6.54 Å². The van der Waals surface area contributed by atoms with Crippen LogP contribution in [0.2, 0.25) is 0 Å². The minimum absolute atomic E-state index is 0.235. The smallest absolute Gasteiger partial charge is 0.137 e. The molecule has 4 heteroatoms. The lowest BCUT2D eigenvalue weighted by molar-refractivity contribution is 0.163. The molecule has 0 aliphatic carbocycles. The third-order valence-corrected chi connectivity index (χ3v) is 3.29. The van der Waals surface area contributed by atoms with Gasteiger partial charge in [-0.2, -0.15) is 0 Å². The first-order chi connectivity index (χ1) is 7.50. The Morgan fingerprint density at radius 2 is 2.19 bits per heavy atom. The van der Waals surface area contributed by atoms with E-state index in [9.17, 15) is 9.50 Å². The molecule has 0 aliphatic heterocycles. The number of rotatable bonds is 5. The highest BCUT2D eigenvalue weighted by Crippen LogP contribution is 2.21. The number of nitrogens with zero attached hydrogens (tertiary/aromatic N) is 1. The molecule has 1 rings (SSSR count). The highest BCUT2D eigenvalue weighted by Gasteiger charge is 2.08. The molecule has 0 aliphatic rings. The van der Waals surface area contributed by atoms with E-state index in [0.29, 0.717) is 11.0 Å². The Hall–Kier alpha value is -0.450. The van der Waals surface area contributed by atoms with Gasteiger partial charge in [-0.1, -0.05) is 12.1 Å². The van der Waals surface area contributed by atoms with Crippen molar-refractivity contribution in [2.75, 3.05) is 13.6 Å². The standard InChI is InChI=1S/C12H17BrFNO/c1-9(16)6-7-15(2)8-10-4-3-5-11(14)12(10)13/h3-5,9,16H,6-8H2,1-2H3. The molecule has 0 fully saturated rings. The van der Waals surface area contributed by atoms with Crippen LogP contribution in [0.1, 0.15) is 18.9 Å². The molecule has 1 aromatic carbocycles. The summed E-state index contributed by atoms with van der Waals surface area (Å²) in [5.41, 5.74) is 0.924. The Morgan fingerprint density at radius 3 is 2.81 bits per heavy atom. The molecule has 1 atom stereocenters. The van der Waals surface area contributed by atoms with Crippen molar-refractivity contribution >= 4 is 15.9 Å². The van der Waals surface area contributed by atoms with Gasteiger partial charge in [-0.3, -0.25) is 0 Å². The van der Waals surface area contributed by atoms with Crippen molar-refractivity contribution in [2.24, 2.45) is 0 Å². The van der Waals surface area contributed by atoms with Crippen molar-refractivity contribution in [3.05, 3.63) is 34.1 Å². The Labute approximate surface area is 104 Å². The third kappa shape index (κ3) is 4.20. The van der Waals surface area contributed by atoms with Gasteiger partial charge in [0.05, 0.1) is 10.6 Å². The predicted molar refractivity (Wildman–Crippen MR) is 66.7 cm³/mol. The molecule has 0 saturated heterocycles. The van der Waals surface area contributed by atoms with E-state index in [1.54, 1.807) is 13.0 Å². The zero-order valence-corrected chi connectivity index (χ0v) is 11.2. The number of benzene rings is 1. The van der Waals surface area contributed by atoms with Crippen LogP contribution in [0.3, 0.4) is 0 Å². The molecule has 1 N–H and O–H groups in total. The zero-order valence-electron chi connectivity index (χ0n) is 9.58. The van der Waals surface area contributed by atoms with Crippen LogP contribution in [0.25, 0.3) is 0 Å². The second kappa shape index (κ2) is 6.33. The molecule has 0 saturated carbocycles. The first kappa shape index (κ1) is 13.6. The Balaban J connectivity index is 2.56. The number of aliphatic hydroxyl groups is 1. The summed E-state index contributed by atoms with van der Waals surface area (Å²) < 4.78 is 13.8. The van der Waals surface area contributed by atoms with E-state index >= 15 is 0 Å². The van der Waals surface area contributed by atoms with Crippen LogP contribution < -0.4 is 0 Å². The van der Waals surface area contributed by atoms with E-state index in [2.05, 4.69) is 20.8 Å². The second-order valence-corrected chi connectivity index (χ2v) is 4.88. The van der Waals surface area contributed by atoms with Gasteiger partial charge in [-0.05, 0) is 48.0 Å². The second-order valence-electron chi connectivity index (χ2n) is 4.09. The summed E-state index contributed by atoms with van der Waals surface area (Å²) >= 11 is 3.24. The van der Waals surface area contributed by atoms with Crippen LogP contribution in [0.4, 0.5) is 4.39 Å². The fourth-order valence-electron chi connectivity index (χ4n) is 1.45. The van der Waals surface area contributed by atoms with Gasteiger partial charge in [0.15, 0.2) is 0 Å². The van der Waals surface area contributed by atoms with Crippen molar-refractivity contribution in [1.29, 1.82) is 0 Å². The molecule has 0 spiro atoms. The van der Waals surface area contributed by atoms with Crippen molar-refractivity contribution in [3.63, 3.8) is 0 Å². The van der Waals surface area contributed by atoms with Crippen molar-refractivity contribution < 1.29 is 9.50 Å². The molecule has 0 heterocycles. The Bertz CT molecular complexity index is 344. The highest BCUT2D eigenvalue weighted by molar-refractivity contribution is 9.10. The third-order valence-electron chi connectivity index (χ3n) is 2.40. The Kier molecular flexibility index (Phi) is 5.38. The summed E-state index contributed by atoms with van der Waals surface area (Å²) in [6.45, 7) is 3.23. The summed E-state index contributed by atoms with van der Waals surface area (Å²) in [4.78, 5) is 2.06. The maximum absolute atomic E-state index is 13.2. The van der Waals surface area contributed by atoms with E-state index in [1.165, 1.54) is 6.07 Å². The number of halogens is 2. The lowest BCUT2D eigenvalue weighted by Crippen LogP contribution is -2.22. The molecule has 1 aromatic rings. The maximum atomic E-state index is 13.2. The minimum atomic E-state index is -0.293. The van der Waals surface area contributed by atoms with Gasteiger partial charge in [0, 0.05) is 13.1 Å². The molecule has 16 heavy (non-hydrogen) atoms. The van der Waals surface area contributed by atoms with Crippen LogP contribution in [0.15, 0.2) is 22.7 Å². The molecular weight excluding hydrogens is 273 g/mol. The fourth-order valence-corrected chi connectivity index (χ4v) is 1.84. The van der Waals surface area contributed by atoms with E-state index in [1.807, 2.05) is 13.1 Å². The molecule has 2 nitrogen and oxygen atoms in total. The first-order valence-electron chi connectivity index (χ1n) is 5.30. The van der Waals surface area contributed by atoms with E-state index in [0.717, 1.165) is 18.5 Å². The van der Waals surface area contributed by atoms with Gasteiger partial charge >= 0.3 is 0 Å². The number of aliphatic hydroxyl groups excluding tert-OH is 1. The topological polar surface area (TPSA) is 23.5 Å². The fraction of sp³-hybridized carbons (Fsp3) is 0.500. The lowest BCUT2D eigenvalue weighted by Gasteiger charge is -2.18. The van der Waals surface area contributed by atoms with E-state index in [4.69, 9.17) is 0 Å². The molecule has 0 radical (unpaired) electrons. The normalized spacial score (nSPS) is 13.1. The van der Waals surface area contributed by atoms with Crippen molar-refractivity contribution in [1.82, 2.24) is 4.90 Å². The molecule has 0 aromatic heterocycles. The first-order valence-corrected chi connectivity index (χ1v) is 6.09. The average molecular weight is 290 g/mol. The average Bonchev–Trinajstić information content (AvgIpc) is 2.22. The Morgan fingerprint density at radius 1 is 1.50 bits per heavy atom. The van der Waals surface area contributed by atoms with Crippen molar-refractivity contribution in [3.8, 4) is 0 Å². The monoisotopic (exact) mass is 289 g/mol. The lowest BCUT2D eigenvalue weighted by atomic mass is 10.2. The van der Waals surface area contributed by atoms with Gasteiger partial charge < -0.3 is 10.0 Å². The quantitative estimate of drug-likeness (QED) is 0.901. The molecule has 90 valence electrons. The van der Waals surface area contributed by atoms with Gasteiger partial charge in [-0.15, -0.1) is 0 Å². The minimum Gasteiger partial charge on any atom is -0.393 e. The summed E-state index contributed by atoms with van der Waals surface area (Å²) in [6, 6.07) is 5.04. The number of hydrogen-bond donors (Lipinski definition) is 1. The summed E-state index contributed by atoms with van der Waals surface area (Å²) in [5, 5.41) is 9.17. The highest BCUT2D eigenvalue weighted by atomic mass is 79.9. The van der Waals surface area contributed by atoms with Crippen LogP contribution in [0, 0.1) is 5.82 Å². The van der Waals surface area contributed by atoms with Crippen LogP contribution in [0.5, 0.6) is 0 Å². The zero-order chi connectivity index (χ0) is 12.1. The van der Waals surface area contributed by atoms with E-state index < -0.39 is 0 Å². The van der Waals surface area contributed by atoms with Crippen LogP contribution in [-0.4, -0.2) is 29.7 Å². The van der Waals surface area contributed by atoms with Gasteiger partial charge in [0.25, 0.3) is 0 Å². The van der Waals surface area contributed by atoms with Gasteiger partial charge in [0.1, 0.15) is 5.82 Å². The molecule has 1 unspecified atom stereocenters. The summed E-state index contributed by atoms with van der Waals surface area (Å²) in [6.07, 6.45) is 0.432. The summed E-state index contributed by atoms with van der Waals surface area (Å²) in [5.74, 6) is -0.235. The number of hydrogen-bond acceptors (Lipinski definition) is 2. The van der Waals surface area contributed by atoms with Crippen molar-refractivity contribution in [2.45, 2.75) is 26.0 Å². The van der Waals surface area contributed by atoms with Gasteiger partial charge in [-0.25, -0.2) is 4.39 Å². The molecule has 0 amide bonds. The molecular formula is C12H17BrFNO. The largest absolute Gasteiger partial charge is 0.393 e. The van der Waals surface area contributed by atoms with E-state index in [-0.39, 0.29) is 11.9 Å². The van der Waals surface area contributed by atoms with Gasteiger partial charge in [0.2, 0.25) is 0 Å². The predicted octanol–water partition coefficient (Wildman–Crippen LogP) is 2.79. The van der Waals surface area contributed by atoms with Crippen LogP contribution >= 0.6 is 15.9 Å². The molecule has 0 bridgehead atoms. The summed E-state index contributed by atoms with van der Waals surface area (Å²) in [7, 11) is 1.96.